The summed E-state index contributed by atoms with van der Waals surface area (Å²) < 4.78 is 14.2. The molecule has 0 saturated carbocycles. The Hall–Kier alpha value is -2.66. The largest absolute Gasteiger partial charge is 0.508 e. The van der Waals surface area contributed by atoms with Crippen molar-refractivity contribution in [3.8, 4) is 5.75 Å². The number of aliphatic imine (C=N–C) groups is 1. The topological polar surface area (TPSA) is 58.6 Å². The summed E-state index contributed by atoms with van der Waals surface area (Å²) in [6.45, 7) is 0. The number of phenols is 1. The first kappa shape index (κ1) is 15.8. The fraction of sp³-hybridized carbons (Fsp3) is 0.0500. The van der Waals surface area contributed by atoms with Gasteiger partial charge in [0.1, 0.15) is 22.9 Å². The fourth-order valence-electron chi connectivity index (χ4n) is 3.38. The number of benzene rings is 3. The van der Waals surface area contributed by atoms with Gasteiger partial charge < -0.3 is 10.8 Å². The predicted octanol–water partition coefficient (Wildman–Crippen LogP) is 4.30. The minimum atomic E-state index is -0.935. The molecule has 5 heteroatoms. The lowest BCUT2D eigenvalue weighted by Crippen LogP contribution is -2.25. The highest BCUT2D eigenvalue weighted by molar-refractivity contribution is 9.10. The van der Waals surface area contributed by atoms with E-state index in [4.69, 9.17) is 10.7 Å². The second kappa shape index (κ2) is 5.70. The molecule has 0 aromatic heterocycles. The Morgan fingerprint density at radius 2 is 1.72 bits per heavy atom. The molecule has 0 radical (unpaired) electrons. The first-order valence-electron chi connectivity index (χ1n) is 7.72. The van der Waals surface area contributed by atoms with Crippen LogP contribution < -0.4 is 5.73 Å². The Balaban J connectivity index is 2.09. The third kappa shape index (κ3) is 2.35. The van der Waals surface area contributed by atoms with Crippen LogP contribution in [0.25, 0.3) is 0 Å². The molecule has 124 valence electrons. The van der Waals surface area contributed by atoms with E-state index in [2.05, 4.69) is 15.9 Å². The summed E-state index contributed by atoms with van der Waals surface area (Å²) in [4.78, 5) is 4.78. The summed E-state index contributed by atoms with van der Waals surface area (Å²) in [5.41, 5.74) is 8.53. The maximum absolute atomic E-state index is 13.8. The van der Waals surface area contributed by atoms with Crippen molar-refractivity contribution in [3.05, 3.63) is 99.3 Å². The first-order valence-corrected chi connectivity index (χ1v) is 8.52. The molecule has 0 saturated heterocycles. The van der Waals surface area contributed by atoms with Gasteiger partial charge in [-0.25, -0.2) is 9.38 Å². The number of nitrogens with zero attached hydrogens (tertiary/aromatic N) is 1. The molecule has 1 heterocycles. The van der Waals surface area contributed by atoms with E-state index in [1.165, 1.54) is 6.07 Å². The van der Waals surface area contributed by atoms with E-state index in [-0.39, 0.29) is 11.6 Å². The molecule has 0 bridgehead atoms. The van der Waals surface area contributed by atoms with Crippen molar-refractivity contribution >= 4 is 21.8 Å². The summed E-state index contributed by atoms with van der Waals surface area (Å²) in [6, 6.07) is 19.4. The van der Waals surface area contributed by atoms with Gasteiger partial charge in [-0.3, -0.25) is 0 Å². The van der Waals surface area contributed by atoms with Crippen LogP contribution in [0.1, 0.15) is 22.3 Å². The van der Waals surface area contributed by atoms with Crippen LogP contribution in [0.3, 0.4) is 0 Å². The smallest absolute Gasteiger partial charge is 0.139 e. The molecular formula is C20H14BrFN2O. The summed E-state index contributed by atoms with van der Waals surface area (Å²) in [6.07, 6.45) is 0. The minimum absolute atomic E-state index is 0.135. The molecule has 3 aromatic rings. The third-order valence-electron chi connectivity index (χ3n) is 4.48. The van der Waals surface area contributed by atoms with Gasteiger partial charge in [-0.2, -0.15) is 0 Å². The SMILES string of the molecule is NC1=NC(c2cccc(O)c2)(c2ccc(F)c(Br)c2)c2ccccc21. The maximum atomic E-state index is 13.8. The summed E-state index contributed by atoms with van der Waals surface area (Å²) >= 11 is 3.26. The molecule has 0 aliphatic carbocycles. The Bertz CT molecular complexity index is 1020. The number of phenolic OH excluding ortho intramolecular Hbond substituents is 1. The van der Waals surface area contributed by atoms with E-state index in [1.807, 2.05) is 30.3 Å². The zero-order chi connectivity index (χ0) is 17.6. The highest BCUT2D eigenvalue weighted by Gasteiger charge is 2.43. The van der Waals surface area contributed by atoms with Crippen LogP contribution in [0.2, 0.25) is 0 Å². The second-order valence-corrected chi connectivity index (χ2v) is 6.79. The highest BCUT2D eigenvalue weighted by Crippen LogP contribution is 2.47. The van der Waals surface area contributed by atoms with E-state index in [0.29, 0.717) is 10.3 Å². The van der Waals surface area contributed by atoms with Crippen molar-refractivity contribution < 1.29 is 9.50 Å². The molecule has 0 amide bonds. The van der Waals surface area contributed by atoms with Gasteiger partial charge in [0, 0.05) is 5.56 Å². The van der Waals surface area contributed by atoms with Crippen molar-refractivity contribution in [2.24, 2.45) is 10.7 Å². The zero-order valence-corrected chi connectivity index (χ0v) is 14.7. The van der Waals surface area contributed by atoms with E-state index < -0.39 is 5.54 Å². The third-order valence-corrected chi connectivity index (χ3v) is 5.09. The van der Waals surface area contributed by atoms with Crippen LogP contribution >= 0.6 is 15.9 Å². The van der Waals surface area contributed by atoms with Gasteiger partial charge in [0.05, 0.1) is 4.47 Å². The molecule has 1 aliphatic rings. The Kier molecular flexibility index (Phi) is 3.62. The predicted molar refractivity (Wildman–Crippen MR) is 99.3 cm³/mol. The molecule has 1 aliphatic heterocycles. The number of nitrogens with two attached hydrogens (primary N) is 1. The van der Waals surface area contributed by atoms with E-state index in [0.717, 1.165) is 22.3 Å². The van der Waals surface area contributed by atoms with Crippen molar-refractivity contribution in [1.29, 1.82) is 0 Å². The number of fused-ring (bicyclic) bond motifs is 1. The average molecular weight is 397 g/mol. The minimum Gasteiger partial charge on any atom is -0.508 e. The molecule has 1 unspecified atom stereocenters. The summed E-state index contributed by atoms with van der Waals surface area (Å²) in [7, 11) is 0. The van der Waals surface area contributed by atoms with Gasteiger partial charge in [0.25, 0.3) is 0 Å². The fourth-order valence-corrected chi connectivity index (χ4v) is 3.76. The number of hydrogen-bond acceptors (Lipinski definition) is 3. The standard InChI is InChI=1S/C20H14BrFN2O/c21-17-11-13(8-9-18(17)22)20(12-4-3-5-14(25)10-12)16-7-2-1-6-15(16)19(23)24-20/h1-11,25H,(H2,23,24). The van der Waals surface area contributed by atoms with Gasteiger partial charge in [-0.15, -0.1) is 0 Å². The van der Waals surface area contributed by atoms with E-state index in [1.54, 1.807) is 30.3 Å². The maximum Gasteiger partial charge on any atom is 0.139 e. The monoisotopic (exact) mass is 396 g/mol. The van der Waals surface area contributed by atoms with Crippen LogP contribution in [-0.4, -0.2) is 10.9 Å². The highest BCUT2D eigenvalue weighted by atomic mass is 79.9. The molecule has 1 atom stereocenters. The Morgan fingerprint density at radius 3 is 2.48 bits per heavy atom. The lowest BCUT2D eigenvalue weighted by atomic mass is 9.77. The molecule has 3 aromatic carbocycles. The van der Waals surface area contributed by atoms with Gasteiger partial charge in [-0.05, 0) is 56.9 Å². The van der Waals surface area contributed by atoms with Crippen LogP contribution in [-0.2, 0) is 5.54 Å². The Morgan fingerprint density at radius 1 is 0.960 bits per heavy atom. The molecular weight excluding hydrogens is 383 g/mol. The average Bonchev–Trinajstić information content (AvgIpc) is 2.92. The van der Waals surface area contributed by atoms with Crippen LogP contribution in [0.5, 0.6) is 5.75 Å². The van der Waals surface area contributed by atoms with Gasteiger partial charge in [0.2, 0.25) is 0 Å². The van der Waals surface area contributed by atoms with E-state index >= 15 is 0 Å². The zero-order valence-electron chi connectivity index (χ0n) is 13.1. The number of hydrogen-bond donors (Lipinski definition) is 2. The molecule has 3 N–H and O–H groups in total. The second-order valence-electron chi connectivity index (χ2n) is 5.93. The quantitative estimate of drug-likeness (QED) is 0.677. The Labute approximate surface area is 152 Å². The molecule has 25 heavy (non-hydrogen) atoms. The normalized spacial score (nSPS) is 18.7. The molecule has 3 nitrogen and oxygen atoms in total. The molecule has 0 spiro atoms. The van der Waals surface area contributed by atoms with Gasteiger partial charge in [0.15, 0.2) is 0 Å². The van der Waals surface area contributed by atoms with Gasteiger partial charge in [-0.1, -0.05) is 42.5 Å². The van der Waals surface area contributed by atoms with Crippen molar-refractivity contribution in [2.75, 3.05) is 0 Å². The summed E-state index contributed by atoms with van der Waals surface area (Å²) in [5.74, 6) is 0.202. The number of rotatable bonds is 2. The lowest BCUT2D eigenvalue weighted by Gasteiger charge is -2.29. The first-order chi connectivity index (χ1) is 12.0. The lowest BCUT2D eigenvalue weighted by molar-refractivity contribution is 0.473. The van der Waals surface area contributed by atoms with E-state index in [9.17, 15) is 9.50 Å². The van der Waals surface area contributed by atoms with Crippen molar-refractivity contribution in [1.82, 2.24) is 0 Å². The van der Waals surface area contributed by atoms with Crippen LogP contribution in [0.15, 0.2) is 76.2 Å². The molecule has 0 fully saturated rings. The number of halogens is 2. The van der Waals surface area contributed by atoms with Gasteiger partial charge >= 0.3 is 0 Å². The van der Waals surface area contributed by atoms with Crippen LogP contribution in [0.4, 0.5) is 4.39 Å². The van der Waals surface area contributed by atoms with Crippen LogP contribution in [0, 0.1) is 5.82 Å². The summed E-state index contributed by atoms with van der Waals surface area (Å²) in [5, 5.41) is 10.00. The number of amidine groups is 1. The number of aromatic hydroxyl groups is 1. The van der Waals surface area contributed by atoms with Crippen molar-refractivity contribution in [3.63, 3.8) is 0 Å². The van der Waals surface area contributed by atoms with Crippen molar-refractivity contribution in [2.45, 2.75) is 5.54 Å². The molecule has 4 rings (SSSR count).